The van der Waals surface area contributed by atoms with Crippen LogP contribution in [0.1, 0.15) is 13.8 Å². The second-order valence-electron chi connectivity index (χ2n) is 2.14. The standard InChI is InChI=1S/C5H5N.C4H11O3P/c1-2-4-6-5-3-1;1-3-6-8(5)7-4-2/h1-5H;8H,3-4H2,1-2H3. The van der Waals surface area contributed by atoms with Gasteiger partial charge in [0.25, 0.3) is 0 Å². The molecule has 0 saturated heterocycles. The SMILES string of the molecule is CCO[PH](=O)OCC.c1ccncc1. The second-order valence-corrected chi connectivity index (χ2v) is 3.22. The Bertz CT molecular complexity index is 196. The van der Waals surface area contributed by atoms with E-state index < -0.39 is 8.25 Å². The van der Waals surface area contributed by atoms with Gasteiger partial charge < -0.3 is 9.05 Å². The maximum absolute atomic E-state index is 10.4. The van der Waals surface area contributed by atoms with Crippen molar-refractivity contribution < 1.29 is 13.6 Å². The van der Waals surface area contributed by atoms with Crippen LogP contribution < -0.4 is 0 Å². The molecule has 1 aromatic heterocycles. The minimum Gasteiger partial charge on any atom is -0.311 e. The number of aromatic nitrogens is 1. The lowest BCUT2D eigenvalue weighted by Crippen LogP contribution is -1.81. The zero-order chi connectivity index (χ0) is 10.6. The van der Waals surface area contributed by atoms with Gasteiger partial charge in [0.1, 0.15) is 0 Å². The average Bonchev–Trinajstić information content (AvgIpc) is 2.22. The molecule has 0 aromatic carbocycles. The number of pyridine rings is 1. The summed E-state index contributed by atoms with van der Waals surface area (Å²) in [5, 5.41) is 0. The molecular weight excluding hydrogens is 201 g/mol. The predicted molar refractivity (Wildman–Crippen MR) is 56.5 cm³/mol. The molecule has 0 radical (unpaired) electrons. The molecule has 1 heterocycles. The number of nitrogens with zero attached hydrogens (tertiary/aromatic N) is 1. The van der Waals surface area contributed by atoms with Gasteiger partial charge in [-0.2, -0.15) is 0 Å². The third-order valence-corrected chi connectivity index (χ3v) is 2.14. The van der Waals surface area contributed by atoms with Gasteiger partial charge in [0.05, 0.1) is 13.2 Å². The van der Waals surface area contributed by atoms with E-state index in [1.54, 1.807) is 26.2 Å². The molecule has 0 unspecified atom stereocenters. The van der Waals surface area contributed by atoms with Crippen LogP contribution in [0.15, 0.2) is 30.6 Å². The van der Waals surface area contributed by atoms with Crippen LogP contribution in [0.4, 0.5) is 0 Å². The normalized spacial score (nSPS) is 9.36. The van der Waals surface area contributed by atoms with Gasteiger partial charge in [0, 0.05) is 12.4 Å². The molecule has 0 fully saturated rings. The molecule has 0 aliphatic rings. The first-order valence-corrected chi connectivity index (χ1v) is 5.68. The Balaban J connectivity index is 0.000000249. The van der Waals surface area contributed by atoms with Crippen molar-refractivity contribution in [3.8, 4) is 0 Å². The largest absolute Gasteiger partial charge is 0.319 e. The fraction of sp³-hybridized carbons (Fsp3) is 0.444. The average molecular weight is 217 g/mol. The fourth-order valence-electron chi connectivity index (χ4n) is 0.590. The molecule has 0 aliphatic heterocycles. The summed E-state index contributed by atoms with van der Waals surface area (Å²) in [4.78, 5) is 3.78. The number of hydrogen-bond donors (Lipinski definition) is 0. The van der Waals surface area contributed by atoms with Gasteiger partial charge in [-0.05, 0) is 26.0 Å². The van der Waals surface area contributed by atoms with E-state index in [0.29, 0.717) is 13.2 Å². The minimum atomic E-state index is -2.14. The zero-order valence-corrected chi connectivity index (χ0v) is 9.47. The summed E-state index contributed by atoms with van der Waals surface area (Å²) in [6.07, 6.45) is 3.50. The highest BCUT2D eigenvalue weighted by molar-refractivity contribution is 7.33. The summed E-state index contributed by atoms with van der Waals surface area (Å²) in [7, 11) is -2.14. The van der Waals surface area contributed by atoms with Crippen molar-refractivity contribution in [2.75, 3.05) is 13.2 Å². The van der Waals surface area contributed by atoms with Crippen molar-refractivity contribution in [3.63, 3.8) is 0 Å². The summed E-state index contributed by atoms with van der Waals surface area (Å²) in [5.74, 6) is 0. The van der Waals surface area contributed by atoms with E-state index in [1.807, 2.05) is 18.2 Å². The van der Waals surface area contributed by atoms with E-state index in [0.717, 1.165) is 0 Å². The van der Waals surface area contributed by atoms with Crippen LogP contribution in [0, 0.1) is 0 Å². The van der Waals surface area contributed by atoms with E-state index in [2.05, 4.69) is 14.0 Å². The highest BCUT2D eigenvalue weighted by atomic mass is 31.1. The van der Waals surface area contributed by atoms with Crippen LogP contribution in [0.25, 0.3) is 0 Å². The first-order chi connectivity index (χ1) is 6.81. The zero-order valence-electron chi connectivity index (χ0n) is 8.47. The summed E-state index contributed by atoms with van der Waals surface area (Å²) in [6.45, 7) is 4.47. The van der Waals surface area contributed by atoms with Crippen molar-refractivity contribution >= 4 is 8.25 Å². The Hall–Kier alpha value is -0.700. The third-order valence-electron chi connectivity index (χ3n) is 1.09. The molecule has 0 saturated carbocycles. The quantitative estimate of drug-likeness (QED) is 0.727. The van der Waals surface area contributed by atoms with Gasteiger partial charge in [0.2, 0.25) is 0 Å². The summed E-state index contributed by atoms with van der Waals surface area (Å²) in [6, 6.07) is 5.72. The van der Waals surface area contributed by atoms with Crippen LogP contribution >= 0.6 is 8.25 Å². The Morgan fingerprint density at radius 1 is 1.07 bits per heavy atom. The van der Waals surface area contributed by atoms with Crippen LogP contribution in [0.5, 0.6) is 0 Å². The van der Waals surface area contributed by atoms with Crippen LogP contribution in [0.3, 0.4) is 0 Å². The van der Waals surface area contributed by atoms with Crippen LogP contribution in [0.2, 0.25) is 0 Å². The first-order valence-electron chi connectivity index (χ1n) is 4.45. The molecule has 0 spiro atoms. The fourth-order valence-corrected chi connectivity index (χ4v) is 1.14. The predicted octanol–water partition coefficient (Wildman–Crippen LogP) is 2.53. The van der Waals surface area contributed by atoms with E-state index in [-0.39, 0.29) is 0 Å². The maximum atomic E-state index is 10.4. The van der Waals surface area contributed by atoms with E-state index in [9.17, 15) is 4.57 Å². The highest BCUT2D eigenvalue weighted by Crippen LogP contribution is 2.21. The van der Waals surface area contributed by atoms with Gasteiger partial charge in [-0.25, -0.2) is 0 Å². The van der Waals surface area contributed by atoms with Crippen molar-refractivity contribution in [1.82, 2.24) is 4.98 Å². The van der Waals surface area contributed by atoms with Crippen molar-refractivity contribution in [2.24, 2.45) is 0 Å². The highest BCUT2D eigenvalue weighted by Gasteiger charge is 1.91. The van der Waals surface area contributed by atoms with E-state index in [4.69, 9.17) is 0 Å². The molecule has 5 heteroatoms. The van der Waals surface area contributed by atoms with Gasteiger partial charge in [0.15, 0.2) is 0 Å². The van der Waals surface area contributed by atoms with E-state index >= 15 is 0 Å². The van der Waals surface area contributed by atoms with Gasteiger partial charge in [-0.1, -0.05) is 6.07 Å². The summed E-state index contributed by atoms with van der Waals surface area (Å²) >= 11 is 0. The monoisotopic (exact) mass is 217 g/mol. The minimum absolute atomic E-state index is 0.456. The lowest BCUT2D eigenvalue weighted by atomic mass is 10.5. The molecule has 1 rings (SSSR count). The Labute approximate surface area is 85.2 Å². The Morgan fingerprint density at radius 3 is 1.79 bits per heavy atom. The van der Waals surface area contributed by atoms with Crippen molar-refractivity contribution in [3.05, 3.63) is 30.6 Å². The molecule has 0 atom stereocenters. The number of rotatable bonds is 4. The van der Waals surface area contributed by atoms with Crippen LogP contribution in [-0.4, -0.2) is 18.2 Å². The van der Waals surface area contributed by atoms with Gasteiger partial charge in [-0.3, -0.25) is 9.55 Å². The Kier molecular flexibility index (Phi) is 9.86. The lowest BCUT2D eigenvalue weighted by molar-refractivity contribution is 0.243. The molecule has 4 nitrogen and oxygen atoms in total. The molecule has 1 aromatic rings. The van der Waals surface area contributed by atoms with Crippen molar-refractivity contribution in [2.45, 2.75) is 13.8 Å². The molecule has 14 heavy (non-hydrogen) atoms. The van der Waals surface area contributed by atoms with Crippen molar-refractivity contribution in [1.29, 1.82) is 0 Å². The van der Waals surface area contributed by atoms with Crippen LogP contribution in [-0.2, 0) is 13.6 Å². The molecule has 0 N–H and O–H groups in total. The molecule has 80 valence electrons. The molecule has 0 amide bonds. The van der Waals surface area contributed by atoms with Gasteiger partial charge in [-0.15, -0.1) is 0 Å². The molecule has 0 bridgehead atoms. The van der Waals surface area contributed by atoms with E-state index in [1.165, 1.54) is 0 Å². The third kappa shape index (κ3) is 9.39. The second kappa shape index (κ2) is 10.4. The topological polar surface area (TPSA) is 48.4 Å². The molecular formula is C9H16NO3P. The molecule has 0 aliphatic carbocycles. The lowest BCUT2D eigenvalue weighted by Gasteiger charge is -1.97. The summed E-state index contributed by atoms with van der Waals surface area (Å²) < 4.78 is 19.6. The summed E-state index contributed by atoms with van der Waals surface area (Å²) in [5.41, 5.74) is 0. The first kappa shape index (κ1) is 13.3. The Morgan fingerprint density at radius 2 is 1.57 bits per heavy atom. The number of hydrogen-bond acceptors (Lipinski definition) is 4. The smallest absolute Gasteiger partial charge is 0.311 e. The van der Waals surface area contributed by atoms with Gasteiger partial charge >= 0.3 is 8.25 Å². The maximum Gasteiger partial charge on any atom is 0.319 e.